The fraction of sp³-hybridized carbons (Fsp3) is 0.150. The predicted octanol–water partition coefficient (Wildman–Crippen LogP) is 5.94. The van der Waals surface area contributed by atoms with Crippen molar-refractivity contribution < 1.29 is 9.53 Å². The smallest absolute Gasteiger partial charge is 0.265 e. The first-order valence-electron chi connectivity index (χ1n) is 7.99. The summed E-state index contributed by atoms with van der Waals surface area (Å²) >= 11 is 12.2. The lowest BCUT2D eigenvalue weighted by atomic mass is 10.1. The van der Waals surface area contributed by atoms with Crippen LogP contribution in [0.15, 0.2) is 60.7 Å². The van der Waals surface area contributed by atoms with Gasteiger partial charge in [0.15, 0.2) is 6.10 Å². The van der Waals surface area contributed by atoms with E-state index in [0.29, 0.717) is 27.9 Å². The molecule has 0 fully saturated rings. The van der Waals surface area contributed by atoms with Crippen LogP contribution >= 0.6 is 23.2 Å². The largest absolute Gasteiger partial charge is 0.480 e. The van der Waals surface area contributed by atoms with Crippen molar-refractivity contribution in [3.05, 3.63) is 70.7 Å². The number of anilines is 1. The molecular formula is C20H17Cl2NO2. The monoisotopic (exact) mass is 373 g/mol. The molecule has 0 aliphatic carbocycles. The molecule has 1 N–H and O–H groups in total. The van der Waals surface area contributed by atoms with E-state index in [2.05, 4.69) is 5.32 Å². The molecule has 0 radical (unpaired) electrons. The summed E-state index contributed by atoms with van der Waals surface area (Å²) in [6, 6.07) is 18.7. The second kappa shape index (κ2) is 7.77. The van der Waals surface area contributed by atoms with Gasteiger partial charge in [0.25, 0.3) is 5.91 Å². The van der Waals surface area contributed by atoms with Crippen LogP contribution in [0.25, 0.3) is 10.8 Å². The lowest BCUT2D eigenvalue weighted by Gasteiger charge is -2.19. The van der Waals surface area contributed by atoms with E-state index in [1.165, 1.54) is 0 Å². The third kappa shape index (κ3) is 3.89. The first kappa shape index (κ1) is 17.6. The molecule has 0 bridgehead atoms. The number of hydrogen-bond acceptors (Lipinski definition) is 2. The molecule has 0 saturated carbocycles. The fourth-order valence-corrected chi connectivity index (χ4v) is 3.09. The number of carbonyl (C=O) groups is 1. The van der Waals surface area contributed by atoms with E-state index >= 15 is 0 Å². The summed E-state index contributed by atoms with van der Waals surface area (Å²) in [4.78, 5) is 12.6. The minimum atomic E-state index is -0.654. The first-order valence-corrected chi connectivity index (χ1v) is 8.75. The van der Waals surface area contributed by atoms with Gasteiger partial charge in [-0.05, 0) is 30.0 Å². The lowest BCUT2D eigenvalue weighted by Crippen LogP contribution is -2.32. The Morgan fingerprint density at radius 1 is 1.00 bits per heavy atom. The normalized spacial score (nSPS) is 12.0. The summed E-state index contributed by atoms with van der Waals surface area (Å²) in [5.41, 5.74) is 0.399. The molecule has 0 heterocycles. The Morgan fingerprint density at radius 2 is 1.64 bits per heavy atom. The van der Waals surface area contributed by atoms with Crippen LogP contribution in [0.2, 0.25) is 10.0 Å². The van der Waals surface area contributed by atoms with E-state index < -0.39 is 6.10 Å². The highest BCUT2D eigenvalue weighted by Gasteiger charge is 2.21. The Kier molecular flexibility index (Phi) is 5.47. The molecular weight excluding hydrogens is 357 g/mol. The van der Waals surface area contributed by atoms with Crippen LogP contribution < -0.4 is 10.1 Å². The fourth-order valence-electron chi connectivity index (χ4n) is 2.59. The van der Waals surface area contributed by atoms with Crippen molar-refractivity contribution in [2.24, 2.45) is 0 Å². The van der Waals surface area contributed by atoms with Gasteiger partial charge in [-0.25, -0.2) is 0 Å². The zero-order valence-electron chi connectivity index (χ0n) is 13.6. The minimum Gasteiger partial charge on any atom is -0.480 e. The van der Waals surface area contributed by atoms with Crippen molar-refractivity contribution in [2.75, 3.05) is 5.32 Å². The van der Waals surface area contributed by atoms with Gasteiger partial charge in [0.2, 0.25) is 0 Å². The molecule has 25 heavy (non-hydrogen) atoms. The van der Waals surface area contributed by atoms with E-state index in [9.17, 15) is 4.79 Å². The summed E-state index contributed by atoms with van der Waals surface area (Å²) in [5.74, 6) is 0.385. The molecule has 1 atom stereocenters. The second-order valence-corrected chi connectivity index (χ2v) is 6.39. The standard InChI is InChI=1S/C20H17Cl2NO2/c1-2-17(20(24)23-19-15(21)10-6-11-16(19)22)25-18-12-5-8-13-7-3-4-9-14(13)18/h3-12,17H,2H2,1H3,(H,23,24)/t17-/m0/s1. The van der Waals surface area contributed by atoms with Crippen LogP contribution in [-0.2, 0) is 4.79 Å². The maximum atomic E-state index is 12.6. The Bertz CT molecular complexity index is 886. The molecule has 0 aliphatic heterocycles. The van der Waals surface area contributed by atoms with Gasteiger partial charge in [-0.1, -0.05) is 72.6 Å². The van der Waals surface area contributed by atoms with E-state index in [1.54, 1.807) is 18.2 Å². The van der Waals surface area contributed by atoms with Gasteiger partial charge in [-0.15, -0.1) is 0 Å². The SMILES string of the molecule is CC[C@H](Oc1cccc2ccccc12)C(=O)Nc1c(Cl)cccc1Cl. The van der Waals surface area contributed by atoms with E-state index in [4.69, 9.17) is 27.9 Å². The number of carbonyl (C=O) groups excluding carboxylic acids is 1. The number of hydrogen-bond donors (Lipinski definition) is 1. The van der Waals surface area contributed by atoms with Crippen LogP contribution in [-0.4, -0.2) is 12.0 Å². The molecule has 1 amide bonds. The second-order valence-electron chi connectivity index (χ2n) is 5.58. The Labute approximate surface area is 156 Å². The average Bonchev–Trinajstić information content (AvgIpc) is 2.62. The highest BCUT2D eigenvalue weighted by Crippen LogP contribution is 2.31. The van der Waals surface area contributed by atoms with Gasteiger partial charge in [-0.2, -0.15) is 0 Å². The number of rotatable bonds is 5. The number of halogens is 2. The Morgan fingerprint density at radius 3 is 2.36 bits per heavy atom. The van der Waals surface area contributed by atoms with Gasteiger partial charge in [0.05, 0.1) is 15.7 Å². The topological polar surface area (TPSA) is 38.3 Å². The Balaban J connectivity index is 1.83. The average molecular weight is 374 g/mol. The van der Waals surface area contributed by atoms with Crippen LogP contribution in [0.3, 0.4) is 0 Å². The van der Waals surface area contributed by atoms with Gasteiger partial charge in [0.1, 0.15) is 5.75 Å². The molecule has 3 nitrogen and oxygen atoms in total. The van der Waals surface area contributed by atoms with Gasteiger partial charge in [0, 0.05) is 5.39 Å². The van der Waals surface area contributed by atoms with Crippen molar-refractivity contribution in [1.82, 2.24) is 0 Å². The molecule has 3 aromatic carbocycles. The van der Waals surface area contributed by atoms with Gasteiger partial charge >= 0.3 is 0 Å². The summed E-state index contributed by atoms with van der Waals surface area (Å²) in [5, 5.41) is 5.57. The van der Waals surface area contributed by atoms with Gasteiger partial charge in [-0.3, -0.25) is 4.79 Å². The zero-order chi connectivity index (χ0) is 17.8. The van der Waals surface area contributed by atoms with Crippen LogP contribution in [0.4, 0.5) is 5.69 Å². The molecule has 128 valence electrons. The molecule has 0 aliphatic rings. The van der Waals surface area contributed by atoms with E-state index in [-0.39, 0.29) is 5.91 Å². The van der Waals surface area contributed by atoms with Crippen molar-refractivity contribution in [2.45, 2.75) is 19.4 Å². The number of nitrogens with one attached hydrogen (secondary N) is 1. The molecule has 3 aromatic rings. The molecule has 3 rings (SSSR count). The van der Waals surface area contributed by atoms with Crippen molar-refractivity contribution in [3.63, 3.8) is 0 Å². The Hall–Kier alpha value is -2.23. The summed E-state index contributed by atoms with van der Waals surface area (Å²) in [6.07, 6.45) is -0.143. The summed E-state index contributed by atoms with van der Waals surface area (Å²) in [7, 11) is 0. The van der Waals surface area contributed by atoms with Crippen molar-refractivity contribution in [1.29, 1.82) is 0 Å². The third-order valence-corrected chi connectivity index (χ3v) is 4.52. The van der Waals surface area contributed by atoms with Crippen LogP contribution in [0.1, 0.15) is 13.3 Å². The number of ether oxygens (including phenoxy) is 1. The predicted molar refractivity (Wildman–Crippen MR) is 104 cm³/mol. The van der Waals surface area contributed by atoms with Crippen molar-refractivity contribution >= 4 is 45.6 Å². The van der Waals surface area contributed by atoms with Crippen LogP contribution in [0, 0.1) is 0 Å². The molecule has 0 spiro atoms. The number of amides is 1. The molecule has 0 aromatic heterocycles. The van der Waals surface area contributed by atoms with E-state index in [0.717, 1.165) is 10.8 Å². The zero-order valence-corrected chi connectivity index (χ0v) is 15.1. The first-order chi connectivity index (χ1) is 12.1. The van der Waals surface area contributed by atoms with E-state index in [1.807, 2.05) is 49.4 Å². The summed E-state index contributed by atoms with van der Waals surface area (Å²) < 4.78 is 5.99. The third-order valence-electron chi connectivity index (χ3n) is 3.89. The number of benzene rings is 3. The number of fused-ring (bicyclic) bond motifs is 1. The lowest BCUT2D eigenvalue weighted by molar-refractivity contribution is -0.122. The van der Waals surface area contributed by atoms with Crippen molar-refractivity contribution in [3.8, 4) is 5.75 Å². The quantitative estimate of drug-likeness (QED) is 0.600. The highest BCUT2D eigenvalue weighted by atomic mass is 35.5. The number of para-hydroxylation sites is 1. The minimum absolute atomic E-state index is 0.287. The molecule has 5 heteroatoms. The maximum Gasteiger partial charge on any atom is 0.265 e. The molecule has 0 unspecified atom stereocenters. The van der Waals surface area contributed by atoms with Crippen LogP contribution in [0.5, 0.6) is 5.75 Å². The maximum absolute atomic E-state index is 12.6. The van der Waals surface area contributed by atoms with Gasteiger partial charge < -0.3 is 10.1 Å². The highest BCUT2D eigenvalue weighted by molar-refractivity contribution is 6.39. The summed E-state index contributed by atoms with van der Waals surface area (Å²) in [6.45, 7) is 1.89. The molecule has 0 saturated heterocycles.